The van der Waals surface area contributed by atoms with Gasteiger partial charge in [-0.15, -0.1) is 11.3 Å². The first kappa shape index (κ1) is 19.0. The van der Waals surface area contributed by atoms with Crippen LogP contribution in [0, 0.1) is 0 Å². The van der Waals surface area contributed by atoms with Crippen molar-refractivity contribution >= 4 is 50.1 Å². The molecule has 4 aromatic rings. The highest BCUT2D eigenvalue weighted by molar-refractivity contribution is 9.10. The Labute approximate surface area is 178 Å². The first-order valence-electron chi connectivity index (χ1n) is 8.35. The van der Waals surface area contributed by atoms with Gasteiger partial charge in [0.1, 0.15) is 5.76 Å². The highest BCUT2D eigenvalue weighted by Crippen LogP contribution is 2.28. The van der Waals surface area contributed by atoms with Crippen LogP contribution in [0.15, 0.2) is 74.5 Å². The van der Waals surface area contributed by atoms with Crippen molar-refractivity contribution in [3.63, 3.8) is 0 Å². The number of thioether (sulfide) groups is 1. The third kappa shape index (κ3) is 4.54. The van der Waals surface area contributed by atoms with Gasteiger partial charge in [-0.05, 0) is 29.8 Å². The maximum absolute atomic E-state index is 12.2. The van der Waals surface area contributed by atoms with E-state index >= 15 is 0 Å². The fraction of sp³-hybridized carbons (Fsp3) is 0.105. The Morgan fingerprint density at radius 3 is 2.82 bits per heavy atom. The molecule has 0 unspecified atom stereocenters. The van der Waals surface area contributed by atoms with Crippen LogP contribution in [0.5, 0.6) is 0 Å². The van der Waals surface area contributed by atoms with Crippen LogP contribution in [0.1, 0.15) is 5.76 Å². The van der Waals surface area contributed by atoms with Crippen molar-refractivity contribution in [2.45, 2.75) is 11.7 Å². The number of furan rings is 1. The Morgan fingerprint density at radius 2 is 2.11 bits per heavy atom. The first-order valence-corrected chi connectivity index (χ1v) is 11.0. The summed E-state index contributed by atoms with van der Waals surface area (Å²) in [5, 5.41) is 5.96. The number of halogens is 1. The SMILES string of the molecule is O=C(CSc1ncc(-c2ccc(Br)cc2)n1Cc1ccco1)Nc1nccs1. The number of carbonyl (C=O) groups is 1. The Kier molecular flexibility index (Phi) is 5.94. The number of amides is 1. The van der Waals surface area contributed by atoms with Crippen molar-refractivity contribution in [3.8, 4) is 11.3 Å². The van der Waals surface area contributed by atoms with Crippen molar-refractivity contribution in [2.75, 3.05) is 11.1 Å². The summed E-state index contributed by atoms with van der Waals surface area (Å²) < 4.78 is 8.59. The number of imidazole rings is 1. The van der Waals surface area contributed by atoms with E-state index in [9.17, 15) is 4.79 Å². The number of benzene rings is 1. The van der Waals surface area contributed by atoms with E-state index in [1.165, 1.54) is 23.1 Å². The van der Waals surface area contributed by atoms with E-state index < -0.39 is 0 Å². The van der Waals surface area contributed by atoms with Gasteiger partial charge in [-0.25, -0.2) is 9.97 Å². The molecule has 9 heteroatoms. The third-order valence-electron chi connectivity index (χ3n) is 3.86. The van der Waals surface area contributed by atoms with Crippen LogP contribution in [0.25, 0.3) is 11.3 Å². The third-order valence-corrected chi connectivity index (χ3v) is 6.07. The van der Waals surface area contributed by atoms with Crippen molar-refractivity contribution in [3.05, 3.63) is 70.7 Å². The summed E-state index contributed by atoms with van der Waals surface area (Å²) >= 11 is 6.24. The van der Waals surface area contributed by atoms with Crippen LogP contribution in [0.4, 0.5) is 5.13 Å². The predicted molar refractivity (Wildman–Crippen MR) is 115 cm³/mol. The molecule has 1 amide bonds. The molecule has 0 fully saturated rings. The number of rotatable bonds is 7. The molecule has 1 aromatic carbocycles. The minimum atomic E-state index is -0.113. The quantitative estimate of drug-likeness (QED) is 0.375. The van der Waals surface area contributed by atoms with Gasteiger partial charge in [-0.1, -0.05) is 39.8 Å². The number of hydrogen-bond acceptors (Lipinski definition) is 6. The molecule has 3 aromatic heterocycles. The standard InChI is InChI=1S/C19H15BrN4O2S2/c20-14-5-3-13(4-6-14)16-10-22-19(24(16)11-15-2-1-8-26-15)28-12-17(25)23-18-21-7-9-27-18/h1-10H,11-12H2,(H,21,23,25). The molecule has 28 heavy (non-hydrogen) atoms. The van der Waals surface area contributed by atoms with E-state index in [0.29, 0.717) is 11.7 Å². The maximum atomic E-state index is 12.2. The van der Waals surface area contributed by atoms with E-state index in [1.54, 1.807) is 12.5 Å². The molecule has 0 spiro atoms. The van der Waals surface area contributed by atoms with Gasteiger partial charge in [0.15, 0.2) is 10.3 Å². The van der Waals surface area contributed by atoms with Gasteiger partial charge < -0.3 is 14.3 Å². The molecule has 1 N–H and O–H groups in total. The summed E-state index contributed by atoms with van der Waals surface area (Å²) in [6.07, 6.45) is 5.14. The van der Waals surface area contributed by atoms with Gasteiger partial charge in [-0.2, -0.15) is 0 Å². The number of anilines is 1. The highest BCUT2D eigenvalue weighted by Gasteiger charge is 2.15. The lowest BCUT2D eigenvalue weighted by Gasteiger charge is -2.11. The lowest BCUT2D eigenvalue weighted by Crippen LogP contribution is -2.14. The molecule has 3 heterocycles. The molecule has 0 atom stereocenters. The molecule has 4 rings (SSSR count). The number of thiazole rings is 1. The van der Waals surface area contributed by atoms with Gasteiger partial charge in [-0.3, -0.25) is 4.79 Å². The van der Waals surface area contributed by atoms with Crippen LogP contribution in [0.3, 0.4) is 0 Å². The smallest absolute Gasteiger partial charge is 0.236 e. The number of nitrogens with one attached hydrogen (secondary N) is 1. The molecule has 0 radical (unpaired) electrons. The second-order valence-electron chi connectivity index (χ2n) is 5.77. The number of aromatic nitrogens is 3. The van der Waals surface area contributed by atoms with Gasteiger partial charge in [0.05, 0.1) is 30.5 Å². The molecule has 0 aliphatic heterocycles. The summed E-state index contributed by atoms with van der Waals surface area (Å²) in [6, 6.07) is 11.8. The van der Waals surface area contributed by atoms with Crippen molar-refractivity contribution in [1.82, 2.24) is 14.5 Å². The monoisotopic (exact) mass is 474 g/mol. The Morgan fingerprint density at radius 1 is 1.25 bits per heavy atom. The van der Waals surface area contributed by atoms with E-state index in [4.69, 9.17) is 4.42 Å². The van der Waals surface area contributed by atoms with Gasteiger partial charge in [0.2, 0.25) is 5.91 Å². The fourth-order valence-corrected chi connectivity index (χ4v) is 4.19. The Bertz CT molecular complexity index is 1040. The van der Waals surface area contributed by atoms with Crippen LogP contribution in [0.2, 0.25) is 0 Å². The second kappa shape index (κ2) is 8.76. The van der Waals surface area contributed by atoms with Crippen molar-refractivity contribution in [1.29, 1.82) is 0 Å². The molecule has 0 aliphatic rings. The topological polar surface area (TPSA) is 73.0 Å². The summed E-state index contributed by atoms with van der Waals surface area (Å²) in [5.41, 5.74) is 2.01. The van der Waals surface area contributed by atoms with Crippen molar-refractivity contribution in [2.24, 2.45) is 0 Å². The van der Waals surface area contributed by atoms with Crippen LogP contribution in [-0.2, 0) is 11.3 Å². The zero-order valence-electron chi connectivity index (χ0n) is 14.5. The Hall–Kier alpha value is -2.36. The lowest BCUT2D eigenvalue weighted by atomic mass is 10.2. The minimum Gasteiger partial charge on any atom is -0.467 e. The largest absolute Gasteiger partial charge is 0.467 e. The van der Waals surface area contributed by atoms with Gasteiger partial charge in [0.25, 0.3) is 0 Å². The zero-order valence-corrected chi connectivity index (χ0v) is 17.8. The molecule has 0 saturated heterocycles. The first-order chi connectivity index (χ1) is 13.7. The van der Waals surface area contributed by atoms with Crippen LogP contribution < -0.4 is 5.32 Å². The highest BCUT2D eigenvalue weighted by atomic mass is 79.9. The molecular formula is C19H15BrN4O2S2. The molecule has 0 saturated carbocycles. The van der Waals surface area contributed by atoms with E-state index in [1.807, 2.05) is 48.0 Å². The normalized spacial score (nSPS) is 10.9. The van der Waals surface area contributed by atoms with Crippen LogP contribution >= 0.6 is 39.0 Å². The number of carbonyl (C=O) groups excluding carboxylic acids is 1. The number of hydrogen-bond donors (Lipinski definition) is 1. The molecule has 6 nitrogen and oxygen atoms in total. The van der Waals surface area contributed by atoms with E-state index in [-0.39, 0.29) is 11.7 Å². The average Bonchev–Trinajstić information content (AvgIpc) is 3.44. The maximum Gasteiger partial charge on any atom is 0.236 e. The zero-order chi connectivity index (χ0) is 19.3. The Balaban J connectivity index is 1.55. The van der Waals surface area contributed by atoms with Crippen LogP contribution in [-0.4, -0.2) is 26.2 Å². The average molecular weight is 475 g/mol. The minimum absolute atomic E-state index is 0.113. The van der Waals surface area contributed by atoms with Gasteiger partial charge in [0, 0.05) is 16.0 Å². The number of nitrogens with zero attached hydrogens (tertiary/aromatic N) is 3. The molecule has 0 aliphatic carbocycles. The lowest BCUT2D eigenvalue weighted by molar-refractivity contribution is -0.113. The summed E-state index contributed by atoms with van der Waals surface area (Å²) in [6.45, 7) is 0.537. The van der Waals surface area contributed by atoms with E-state index in [0.717, 1.165) is 26.6 Å². The summed E-state index contributed by atoms with van der Waals surface area (Å²) in [4.78, 5) is 20.8. The molecule has 0 bridgehead atoms. The predicted octanol–water partition coefficient (Wildman–Crippen LogP) is 5.14. The molecule has 142 valence electrons. The van der Waals surface area contributed by atoms with Crippen molar-refractivity contribution < 1.29 is 9.21 Å². The van der Waals surface area contributed by atoms with E-state index in [2.05, 4.69) is 35.8 Å². The summed E-state index contributed by atoms with van der Waals surface area (Å²) in [7, 11) is 0. The summed E-state index contributed by atoms with van der Waals surface area (Å²) in [5.74, 6) is 0.956. The fourth-order valence-electron chi connectivity index (χ4n) is 2.61. The second-order valence-corrected chi connectivity index (χ2v) is 8.53. The van der Waals surface area contributed by atoms with Gasteiger partial charge >= 0.3 is 0 Å². The molecular weight excluding hydrogens is 460 g/mol.